The minimum Gasteiger partial charge on any atom is -0.480 e. The van der Waals surface area contributed by atoms with Crippen molar-refractivity contribution in [2.24, 2.45) is 11.3 Å². The Morgan fingerprint density at radius 2 is 1.85 bits per heavy atom. The van der Waals surface area contributed by atoms with Crippen LogP contribution in [0.25, 0.3) is 0 Å². The highest BCUT2D eigenvalue weighted by Gasteiger charge is 2.35. The number of aliphatic carboxylic acids is 1. The fourth-order valence-electron chi connectivity index (χ4n) is 3.28. The molecule has 0 bridgehead atoms. The van der Waals surface area contributed by atoms with E-state index in [9.17, 15) is 23.9 Å². The minimum absolute atomic E-state index is 0.0108. The smallest absolute Gasteiger partial charge is 0.323 e. The molecule has 0 aliphatic carbocycles. The van der Waals surface area contributed by atoms with Gasteiger partial charge in [-0.1, -0.05) is 32.9 Å². The van der Waals surface area contributed by atoms with E-state index >= 15 is 0 Å². The molecule has 1 aliphatic heterocycles. The van der Waals surface area contributed by atoms with E-state index < -0.39 is 29.7 Å². The first kappa shape index (κ1) is 20.9. The van der Waals surface area contributed by atoms with Crippen LogP contribution >= 0.6 is 0 Å². The van der Waals surface area contributed by atoms with Crippen LogP contribution in [0.4, 0.5) is 4.39 Å². The zero-order chi connectivity index (χ0) is 20.2. The molecular formula is C20H27FN2O4. The van der Waals surface area contributed by atoms with Crippen LogP contribution in [-0.2, 0) is 20.9 Å². The van der Waals surface area contributed by atoms with Gasteiger partial charge in [-0.25, -0.2) is 4.39 Å². The largest absolute Gasteiger partial charge is 0.480 e. The quantitative estimate of drug-likeness (QED) is 0.854. The summed E-state index contributed by atoms with van der Waals surface area (Å²) >= 11 is 0. The maximum absolute atomic E-state index is 13.1. The number of carboxylic acids is 1. The Kier molecular flexibility index (Phi) is 6.57. The number of carbonyl (C=O) groups excluding carboxylic acids is 2. The molecule has 7 heteroatoms. The molecule has 148 valence electrons. The van der Waals surface area contributed by atoms with Gasteiger partial charge in [0.2, 0.25) is 11.8 Å². The Morgan fingerprint density at radius 1 is 1.22 bits per heavy atom. The molecule has 1 atom stereocenters. The molecule has 0 spiro atoms. The number of hydrogen-bond acceptors (Lipinski definition) is 3. The lowest BCUT2D eigenvalue weighted by molar-refractivity contribution is -0.150. The SMILES string of the molecule is CC(C)(C)C(=O)N1CCCC(C(=O)N(CC(=O)O)Cc2ccc(F)cc2)C1. The highest BCUT2D eigenvalue weighted by molar-refractivity contribution is 5.85. The van der Waals surface area contributed by atoms with Crippen molar-refractivity contribution in [1.29, 1.82) is 0 Å². The summed E-state index contributed by atoms with van der Waals surface area (Å²) in [7, 11) is 0. The van der Waals surface area contributed by atoms with Crippen LogP contribution in [0.5, 0.6) is 0 Å². The van der Waals surface area contributed by atoms with Gasteiger partial charge in [0.05, 0.1) is 5.92 Å². The Hall–Kier alpha value is -2.44. The number of carboxylic acid groups (broad SMARTS) is 1. The van der Waals surface area contributed by atoms with Gasteiger partial charge in [0, 0.05) is 25.0 Å². The average molecular weight is 378 g/mol. The summed E-state index contributed by atoms with van der Waals surface area (Å²) in [5.74, 6) is -2.22. The summed E-state index contributed by atoms with van der Waals surface area (Å²) < 4.78 is 13.1. The molecule has 1 heterocycles. The zero-order valence-corrected chi connectivity index (χ0v) is 16.1. The van der Waals surface area contributed by atoms with Crippen molar-refractivity contribution >= 4 is 17.8 Å². The third-order valence-corrected chi connectivity index (χ3v) is 4.62. The normalized spacial score (nSPS) is 17.5. The predicted octanol–water partition coefficient (Wildman–Crippen LogP) is 2.52. The molecule has 1 N–H and O–H groups in total. The topological polar surface area (TPSA) is 77.9 Å². The lowest BCUT2D eigenvalue weighted by Gasteiger charge is -2.37. The number of piperidine rings is 1. The monoisotopic (exact) mass is 378 g/mol. The van der Waals surface area contributed by atoms with Gasteiger partial charge < -0.3 is 14.9 Å². The molecule has 6 nitrogen and oxygen atoms in total. The maximum atomic E-state index is 13.1. The Balaban J connectivity index is 2.12. The first-order valence-corrected chi connectivity index (χ1v) is 9.12. The number of hydrogen-bond donors (Lipinski definition) is 1. The van der Waals surface area contributed by atoms with E-state index in [0.29, 0.717) is 31.5 Å². The molecule has 2 amide bonds. The Bertz CT molecular complexity index is 697. The summed E-state index contributed by atoms with van der Waals surface area (Å²) in [6.45, 7) is 6.09. The van der Waals surface area contributed by atoms with E-state index in [1.807, 2.05) is 20.8 Å². The van der Waals surface area contributed by atoms with Gasteiger partial charge in [-0.3, -0.25) is 14.4 Å². The van der Waals surface area contributed by atoms with Crippen molar-refractivity contribution in [2.75, 3.05) is 19.6 Å². The van der Waals surface area contributed by atoms with Gasteiger partial charge in [-0.2, -0.15) is 0 Å². The molecule has 1 aromatic carbocycles. The van der Waals surface area contributed by atoms with Crippen molar-refractivity contribution < 1.29 is 23.9 Å². The lowest BCUT2D eigenvalue weighted by Crippen LogP contribution is -2.50. The zero-order valence-electron chi connectivity index (χ0n) is 16.1. The van der Waals surface area contributed by atoms with Gasteiger partial charge >= 0.3 is 5.97 Å². The molecule has 1 aliphatic rings. The lowest BCUT2D eigenvalue weighted by atomic mass is 9.90. The van der Waals surface area contributed by atoms with Crippen LogP contribution in [0.15, 0.2) is 24.3 Å². The second-order valence-corrected chi connectivity index (χ2v) is 8.05. The van der Waals surface area contributed by atoms with Crippen molar-refractivity contribution in [3.05, 3.63) is 35.6 Å². The summed E-state index contributed by atoms with van der Waals surface area (Å²) in [5.41, 5.74) is 0.129. The van der Waals surface area contributed by atoms with E-state index in [2.05, 4.69) is 0 Å². The van der Waals surface area contributed by atoms with E-state index in [1.165, 1.54) is 29.2 Å². The molecule has 1 aromatic rings. The number of amides is 2. The van der Waals surface area contributed by atoms with Crippen molar-refractivity contribution in [3.63, 3.8) is 0 Å². The van der Waals surface area contributed by atoms with Crippen LogP contribution in [0, 0.1) is 17.2 Å². The predicted molar refractivity (Wildman–Crippen MR) is 98.2 cm³/mol. The minimum atomic E-state index is -1.11. The summed E-state index contributed by atoms with van der Waals surface area (Å²) in [4.78, 5) is 39.7. The summed E-state index contributed by atoms with van der Waals surface area (Å²) in [6, 6.07) is 5.63. The van der Waals surface area contributed by atoms with E-state index in [-0.39, 0.29) is 18.4 Å². The maximum Gasteiger partial charge on any atom is 0.323 e. The second kappa shape index (κ2) is 8.50. The molecule has 0 radical (unpaired) electrons. The molecule has 2 rings (SSSR count). The number of halogens is 1. The van der Waals surface area contributed by atoms with Crippen molar-refractivity contribution in [2.45, 2.75) is 40.2 Å². The van der Waals surface area contributed by atoms with Gasteiger partial charge in [0.25, 0.3) is 0 Å². The third-order valence-electron chi connectivity index (χ3n) is 4.62. The van der Waals surface area contributed by atoms with Gasteiger partial charge in [-0.15, -0.1) is 0 Å². The van der Waals surface area contributed by atoms with Crippen LogP contribution in [-0.4, -0.2) is 52.3 Å². The second-order valence-electron chi connectivity index (χ2n) is 8.05. The van der Waals surface area contributed by atoms with Crippen LogP contribution in [0.1, 0.15) is 39.2 Å². The van der Waals surface area contributed by atoms with Gasteiger partial charge in [0.15, 0.2) is 0 Å². The molecule has 27 heavy (non-hydrogen) atoms. The van der Waals surface area contributed by atoms with Crippen LogP contribution in [0.3, 0.4) is 0 Å². The molecule has 1 fully saturated rings. The fraction of sp³-hybridized carbons (Fsp3) is 0.550. The molecule has 0 saturated carbocycles. The number of nitrogens with zero attached hydrogens (tertiary/aromatic N) is 2. The van der Waals surface area contributed by atoms with Gasteiger partial charge in [0.1, 0.15) is 12.4 Å². The number of likely N-dealkylation sites (tertiary alicyclic amines) is 1. The molecular weight excluding hydrogens is 351 g/mol. The van der Waals surface area contributed by atoms with Crippen molar-refractivity contribution in [1.82, 2.24) is 9.80 Å². The fourth-order valence-corrected chi connectivity index (χ4v) is 3.28. The third kappa shape index (κ3) is 5.77. The first-order chi connectivity index (χ1) is 12.6. The first-order valence-electron chi connectivity index (χ1n) is 9.12. The standard InChI is InChI=1S/C20H27FN2O4/c1-20(2,3)19(27)22-10-4-5-15(12-22)18(26)23(13-17(24)25)11-14-6-8-16(21)9-7-14/h6-9,15H,4-5,10-13H2,1-3H3,(H,24,25). The summed E-state index contributed by atoms with van der Waals surface area (Å²) in [6.07, 6.45) is 1.32. The van der Waals surface area contributed by atoms with E-state index in [1.54, 1.807) is 4.90 Å². The van der Waals surface area contributed by atoms with Crippen LogP contribution < -0.4 is 0 Å². The highest BCUT2D eigenvalue weighted by Crippen LogP contribution is 2.25. The highest BCUT2D eigenvalue weighted by atomic mass is 19.1. The molecule has 1 saturated heterocycles. The van der Waals surface area contributed by atoms with E-state index in [4.69, 9.17) is 0 Å². The average Bonchev–Trinajstić information content (AvgIpc) is 2.60. The Labute approximate surface area is 158 Å². The summed E-state index contributed by atoms with van der Waals surface area (Å²) in [5, 5.41) is 9.18. The molecule has 0 aromatic heterocycles. The van der Waals surface area contributed by atoms with Gasteiger partial charge in [-0.05, 0) is 30.5 Å². The molecule has 1 unspecified atom stereocenters. The number of benzene rings is 1. The number of carbonyl (C=O) groups is 3. The Morgan fingerprint density at radius 3 is 2.41 bits per heavy atom. The van der Waals surface area contributed by atoms with Crippen molar-refractivity contribution in [3.8, 4) is 0 Å². The van der Waals surface area contributed by atoms with Crippen LogP contribution in [0.2, 0.25) is 0 Å². The van der Waals surface area contributed by atoms with E-state index in [0.717, 1.165) is 0 Å². The number of rotatable bonds is 5.